The van der Waals surface area contributed by atoms with E-state index in [4.69, 9.17) is 4.74 Å². The second-order valence-corrected chi connectivity index (χ2v) is 7.95. The molecular weight excluding hydrogens is 382 g/mol. The highest BCUT2D eigenvalue weighted by Gasteiger charge is 2.38. The van der Waals surface area contributed by atoms with E-state index < -0.39 is 0 Å². The largest absolute Gasteiger partial charge is 0.494 e. The topological polar surface area (TPSA) is 46.6 Å². The van der Waals surface area contributed by atoms with Crippen molar-refractivity contribution < 1.29 is 14.3 Å². The standard InChI is InChI=1S/C24H27NO3S/c1-3-5-15-25-23(26)21(19-11-13-20(14-12-19)28-16-4-2)22(24(25)27)29-17-18-9-7-6-8-10-18/h6-14H,3-5,15-17H2,1-2H3. The predicted molar refractivity (Wildman–Crippen MR) is 119 cm³/mol. The van der Waals surface area contributed by atoms with Crippen LogP contribution in [0.3, 0.4) is 0 Å². The number of imide groups is 1. The normalized spacial score (nSPS) is 14.1. The van der Waals surface area contributed by atoms with Crippen LogP contribution in [0.5, 0.6) is 5.75 Å². The lowest BCUT2D eigenvalue weighted by Gasteiger charge is -2.14. The molecule has 0 atom stereocenters. The van der Waals surface area contributed by atoms with Gasteiger partial charge in [0.1, 0.15) is 5.75 Å². The van der Waals surface area contributed by atoms with Crippen LogP contribution in [0.2, 0.25) is 0 Å². The van der Waals surface area contributed by atoms with Gasteiger partial charge >= 0.3 is 0 Å². The summed E-state index contributed by atoms with van der Waals surface area (Å²) in [6.07, 6.45) is 2.68. The van der Waals surface area contributed by atoms with Crippen molar-refractivity contribution in [2.45, 2.75) is 38.9 Å². The maximum absolute atomic E-state index is 13.1. The lowest BCUT2D eigenvalue weighted by molar-refractivity contribution is -0.136. The summed E-state index contributed by atoms with van der Waals surface area (Å²) in [6, 6.07) is 17.5. The molecule has 5 heteroatoms. The summed E-state index contributed by atoms with van der Waals surface area (Å²) < 4.78 is 5.64. The third kappa shape index (κ3) is 5.10. The summed E-state index contributed by atoms with van der Waals surface area (Å²) in [6.45, 7) is 5.23. The van der Waals surface area contributed by atoms with Crippen LogP contribution in [0.4, 0.5) is 0 Å². The van der Waals surface area contributed by atoms with Crippen molar-refractivity contribution in [3.63, 3.8) is 0 Å². The van der Waals surface area contributed by atoms with Gasteiger partial charge in [0.05, 0.1) is 17.1 Å². The minimum Gasteiger partial charge on any atom is -0.494 e. The highest BCUT2D eigenvalue weighted by atomic mass is 32.2. The first kappa shape index (κ1) is 21.2. The highest BCUT2D eigenvalue weighted by Crippen LogP contribution is 2.38. The van der Waals surface area contributed by atoms with Gasteiger partial charge in [0, 0.05) is 12.3 Å². The van der Waals surface area contributed by atoms with Crippen molar-refractivity contribution in [2.75, 3.05) is 13.2 Å². The van der Waals surface area contributed by atoms with E-state index in [1.54, 1.807) is 0 Å². The van der Waals surface area contributed by atoms with Crippen LogP contribution in [0.25, 0.3) is 5.57 Å². The Hall–Kier alpha value is -2.53. The molecule has 0 saturated heterocycles. The molecule has 0 radical (unpaired) electrons. The Morgan fingerprint density at radius 1 is 0.897 bits per heavy atom. The molecule has 1 aliphatic rings. The van der Waals surface area contributed by atoms with Crippen LogP contribution in [0.15, 0.2) is 59.5 Å². The van der Waals surface area contributed by atoms with Gasteiger partial charge in [-0.3, -0.25) is 14.5 Å². The van der Waals surface area contributed by atoms with Crippen LogP contribution < -0.4 is 4.74 Å². The molecule has 2 amide bonds. The van der Waals surface area contributed by atoms with Crippen LogP contribution in [-0.2, 0) is 15.3 Å². The van der Waals surface area contributed by atoms with Crippen molar-refractivity contribution >= 4 is 29.1 Å². The van der Waals surface area contributed by atoms with Crippen molar-refractivity contribution in [1.29, 1.82) is 0 Å². The Morgan fingerprint density at radius 3 is 2.28 bits per heavy atom. The van der Waals surface area contributed by atoms with E-state index in [1.165, 1.54) is 16.7 Å². The SMILES string of the molecule is CCCCN1C(=O)C(SCc2ccccc2)=C(c2ccc(OCCC)cc2)C1=O. The lowest BCUT2D eigenvalue weighted by Crippen LogP contribution is -2.32. The molecule has 4 nitrogen and oxygen atoms in total. The molecule has 0 spiro atoms. The summed E-state index contributed by atoms with van der Waals surface area (Å²) >= 11 is 1.44. The summed E-state index contributed by atoms with van der Waals surface area (Å²) in [5, 5.41) is 0. The second-order valence-electron chi connectivity index (χ2n) is 6.97. The first-order valence-corrected chi connectivity index (χ1v) is 11.1. The molecule has 0 N–H and O–H groups in total. The van der Waals surface area contributed by atoms with Gasteiger partial charge in [-0.15, -0.1) is 11.8 Å². The third-order valence-electron chi connectivity index (χ3n) is 4.70. The van der Waals surface area contributed by atoms with E-state index in [2.05, 4.69) is 13.8 Å². The van der Waals surface area contributed by atoms with Crippen LogP contribution >= 0.6 is 11.8 Å². The summed E-state index contributed by atoms with van der Waals surface area (Å²) in [7, 11) is 0. The fourth-order valence-corrected chi connectivity index (χ4v) is 4.22. The molecule has 152 valence electrons. The third-order valence-corrected chi connectivity index (χ3v) is 5.85. The number of amides is 2. The van der Waals surface area contributed by atoms with E-state index in [1.807, 2.05) is 54.6 Å². The van der Waals surface area contributed by atoms with Gasteiger partial charge in [-0.05, 0) is 36.1 Å². The molecule has 1 heterocycles. The number of thioether (sulfide) groups is 1. The molecule has 0 aromatic heterocycles. The maximum Gasteiger partial charge on any atom is 0.267 e. The van der Waals surface area contributed by atoms with Crippen LogP contribution in [0, 0.1) is 0 Å². The number of hydrogen-bond acceptors (Lipinski definition) is 4. The Labute approximate surface area is 176 Å². The average molecular weight is 410 g/mol. The monoisotopic (exact) mass is 409 g/mol. The molecule has 2 aromatic rings. The van der Waals surface area contributed by atoms with E-state index in [-0.39, 0.29) is 11.8 Å². The fourth-order valence-electron chi connectivity index (χ4n) is 3.13. The zero-order valence-electron chi connectivity index (χ0n) is 17.0. The maximum atomic E-state index is 13.1. The quantitative estimate of drug-likeness (QED) is 0.500. The molecule has 29 heavy (non-hydrogen) atoms. The average Bonchev–Trinajstić information content (AvgIpc) is 2.99. The Balaban J connectivity index is 1.88. The van der Waals surface area contributed by atoms with Gasteiger partial charge in [0.2, 0.25) is 0 Å². The first-order chi connectivity index (χ1) is 14.2. The van der Waals surface area contributed by atoms with Gasteiger partial charge in [-0.2, -0.15) is 0 Å². The van der Waals surface area contributed by atoms with E-state index >= 15 is 0 Å². The smallest absolute Gasteiger partial charge is 0.267 e. The lowest BCUT2D eigenvalue weighted by atomic mass is 10.1. The number of nitrogens with zero attached hydrogens (tertiary/aromatic N) is 1. The molecule has 1 aliphatic heterocycles. The van der Waals surface area contributed by atoms with Gasteiger partial charge < -0.3 is 4.74 Å². The number of carbonyl (C=O) groups is 2. The zero-order chi connectivity index (χ0) is 20.6. The van der Waals surface area contributed by atoms with Crippen molar-refractivity contribution in [1.82, 2.24) is 4.90 Å². The van der Waals surface area contributed by atoms with Crippen molar-refractivity contribution in [2.24, 2.45) is 0 Å². The number of carbonyl (C=O) groups excluding carboxylic acids is 2. The number of unbranched alkanes of at least 4 members (excludes halogenated alkanes) is 1. The van der Waals surface area contributed by atoms with Gasteiger partial charge in [-0.1, -0.05) is 62.7 Å². The van der Waals surface area contributed by atoms with Crippen LogP contribution in [-0.4, -0.2) is 29.9 Å². The molecule has 0 saturated carbocycles. The second kappa shape index (κ2) is 10.3. The van der Waals surface area contributed by atoms with E-state index in [0.29, 0.717) is 29.4 Å². The Morgan fingerprint density at radius 2 is 1.62 bits per heavy atom. The predicted octanol–water partition coefficient (Wildman–Crippen LogP) is 5.29. The number of rotatable bonds is 10. The van der Waals surface area contributed by atoms with Gasteiger partial charge in [0.25, 0.3) is 11.8 Å². The summed E-state index contributed by atoms with van der Waals surface area (Å²) in [5.74, 6) is 1.05. The van der Waals surface area contributed by atoms with Gasteiger partial charge in [0.15, 0.2) is 0 Å². The van der Waals surface area contributed by atoms with Crippen molar-refractivity contribution in [3.8, 4) is 5.75 Å². The van der Waals surface area contributed by atoms with Gasteiger partial charge in [-0.25, -0.2) is 0 Å². The molecule has 2 aromatic carbocycles. The number of ether oxygens (including phenoxy) is 1. The first-order valence-electron chi connectivity index (χ1n) is 10.2. The number of benzene rings is 2. The molecular formula is C24H27NO3S. The van der Waals surface area contributed by atoms with Crippen LogP contribution in [0.1, 0.15) is 44.2 Å². The minimum absolute atomic E-state index is 0.175. The molecule has 0 fully saturated rings. The van der Waals surface area contributed by atoms with E-state index in [0.717, 1.165) is 36.1 Å². The minimum atomic E-state index is -0.193. The molecule has 0 aliphatic carbocycles. The zero-order valence-corrected chi connectivity index (χ0v) is 17.8. The summed E-state index contributed by atoms with van der Waals surface area (Å²) in [5.41, 5.74) is 2.40. The number of hydrogen-bond donors (Lipinski definition) is 0. The molecule has 0 unspecified atom stereocenters. The molecule has 3 rings (SSSR count). The van der Waals surface area contributed by atoms with Crippen molar-refractivity contribution in [3.05, 3.63) is 70.6 Å². The van der Waals surface area contributed by atoms with E-state index in [9.17, 15) is 9.59 Å². The molecule has 0 bridgehead atoms. The fraction of sp³-hybridized carbons (Fsp3) is 0.333. The Kier molecular flexibility index (Phi) is 7.53. The Bertz CT molecular complexity index is 875. The summed E-state index contributed by atoms with van der Waals surface area (Å²) in [4.78, 5) is 28.1. The highest BCUT2D eigenvalue weighted by molar-refractivity contribution is 8.03.